The third-order valence-corrected chi connectivity index (χ3v) is 8.61. The molecule has 3 fully saturated rings. The normalized spacial score (nSPS) is 36.2. The number of benzene rings is 1. The smallest absolute Gasteiger partial charge is 0.306 e. The number of phenols is 1. The van der Waals surface area contributed by atoms with Crippen LogP contribution in [0.1, 0.15) is 88.2 Å². The second kappa shape index (κ2) is 8.29. The molecule has 160 valence electrons. The highest BCUT2D eigenvalue weighted by molar-refractivity contribution is 5.69. The molecule has 0 amide bonds. The van der Waals surface area contributed by atoms with Gasteiger partial charge in [0.25, 0.3) is 0 Å². The van der Waals surface area contributed by atoms with Gasteiger partial charge in [-0.25, -0.2) is 0 Å². The molecule has 5 rings (SSSR count). The van der Waals surface area contributed by atoms with Crippen LogP contribution in [-0.2, 0) is 11.2 Å². The molecule has 0 aliphatic heterocycles. The molecule has 4 nitrogen and oxygen atoms in total. The van der Waals surface area contributed by atoms with Crippen molar-refractivity contribution in [3.63, 3.8) is 0 Å². The lowest BCUT2D eigenvalue weighted by molar-refractivity contribution is -0.142. The largest absolute Gasteiger partial charge is 0.508 e. The molecule has 4 aliphatic rings. The summed E-state index contributed by atoms with van der Waals surface area (Å²) in [6.07, 6.45) is 12.0. The maximum absolute atomic E-state index is 10.4. The number of carboxylic acid groups (broad SMARTS) is 1. The van der Waals surface area contributed by atoms with Crippen LogP contribution in [0.2, 0.25) is 0 Å². The highest BCUT2D eigenvalue weighted by Crippen LogP contribution is 2.60. The number of phenolic OH excluding ortho intramolecular Hbond substituents is 1. The molecule has 0 heterocycles. The minimum absolute atomic E-state index is 0.0289. The molecule has 1 aromatic carbocycles. The van der Waals surface area contributed by atoms with Gasteiger partial charge in [-0.3, -0.25) is 4.79 Å². The third kappa shape index (κ3) is 3.93. The molecule has 1 aromatic rings. The van der Waals surface area contributed by atoms with Gasteiger partial charge in [0.1, 0.15) is 5.75 Å². The number of fused-ring (bicyclic) bond motifs is 5. The molecule has 0 aromatic heterocycles. The number of rotatable bonds is 1. The van der Waals surface area contributed by atoms with Crippen molar-refractivity contribution in [3.8, 4) is 5.75 Å². The number of hydrogen-bond acceptors (Lipinski definition) is 3. The molecule has 0 saturated heterocycles. The number of hydrogen-bond donors (Lipinski definition) is 3. The van der Waals surface area contributed by atoms with Gasteiger partial charge in [0, 0.05) is 0 Å². The first-order valence-electron chi connectivity index (χ1n) is 11.6. The standard InChI is InChI=1S/C18H24O2.C7H12O2/c1-18-9-8-14-13-5-3-12(19)10-11(13)2-4-15(14)16(18)6-7-17(18)20;8-7(9)6-4-2-1-3-5-6/h3,5,10,14-17,19-20H,2,4,6-9H2,1H3;6H,1-5H2,(H,8,9)/t14-,15-,16+,17?,18+;/m1./s1. The first-order valence-corrected chi connectivity index (χ1v) is 11.6. The lowest BCUT2D eigenvalue weighted by atomic mass is 9.55. The summed E-state index contributed by atoms with van der Waals surface area (Å²) in [7, 11) is 0. The maximum atomic E-state index is 10.4. The molecule has 3 saturated carbocycles. The molecule has 0 bridgehead atoms. The molecular formula is C25H36O4. The Labute approximate surface area is 174 Å². The van der Waals surface area contributed by atoms with E-state index in [-0.39, 0.29) is 17.4 Å². The Hall–Kier alpha value is -1.55. The Bertz CT molecular complexity index is 738. The van der Waals surface area contributed by atoms with Gasteiger partial charge < -0.3 is 15.3 Å². The number of aromatic hydroxyl groups is 1. The van der Waals surface area contributed by atoms with Crippen molar-refractivity contribution in [1.29, 1.82) is 0 Å². The van der Waals surface area contributed by atoms with E-state index in [1.54, 1.807) is 0 Å². The topological polar surface area (TPSA) is 77.8 Å². The van der Waals surface area contributed by atoms with Gasteiger partial charge in [-0.1, -0.05) is 32.3 Å². The van der Waals surface area contributed by atoms with Crippen molar-refractivity contribution in [2.45, 2.75) is 89.6 Å². The van der Waals surface area contributed by atoms with Gasteiger partial charge in [0.15, 0.2) is 0 Å². The van der Waals surface area contributed by atoms with Crippen molar-refractivity contribution in [1.82, 2.24) is 0 Å². The highest BCUT2D eigenvalue weighted by atomic mass is 16.4. The van der Waals surface area contributed by atoms with E-state index in [0.29, 0.717) is 17.6 Å². The fourth-order valence-corrected chi connectivity index (χ4v) is 6.89. The van der Waals surface area contributed by atoms with Crippen molar-refractivity contribution in [2.75, 3.05) is 0 Å². The van der Waals surface area contributed by atoms with Gasteiger partial charge in [-0.2, -0.15) is 0 Å². The predicted octanol–water partition coefficient (Wildman–Crippen LogP) is 5.26. The van der Waals surface area contributed by atoms with E-state index in [9.17, 15) is 15.0 Å². The van der Waals surface area contributed by atoms with Gasteiger partial charge in [-0.15, -0.1) is 0 Å². The number of aliphatic carboxylic acids is 1. The Morgan fingerprint density at radius 2 is 1.79 bits per heavy atom. The summed E-state index contributed by atoms with van der Waals surface area (Å²) in [6.45, 7) is 2.32. The van der Waals surface area contributed by atoms with Crippen LogP contribution in [-0.4, -0.2) is 27.4 Å². The first-order chi connectivity index (χ1) is 13.9. The van der Waals surface area contributed by atoms with Crippen molar-refractivity contribution in [3.05, 3.63) is 29.3 Å². The van der Waals surface area contributed by atoms with Crippen LogP contribution in [0.3, 0.4) is 0 Å². The van der Waals surface area contributed by atoms with Crippen LogP contribution in [0, 0.1) is 23.2 Å². The zero-order valence-electron chi connectivity index (χ0n) is 17.6. The van der Waals surface area contributed by atoms with Gasteiger partial charge in [-0.05, 0) is 97.8 Å². The Morgan fingerprint density at radius 3 is 2.48 bits per heavy atom. The number of carboxylic acids is 1. The van der Waals surface area contributed by atoms with Crippen molar-refractivity contribution >= 4 is 5.97 Å². The summed E-state index contributed by atoms with van der Waals surface area (Å²) in [5.74, 6) is 1.86. The Morgan fingerprint density at radius 1 is 1.03 bits per heavy atom. The maximum Gasteiger partial charge on any atom is 0.306 e. The summed E-state index contributed by atoms with van der Waals surface area (Å²) < 4.78 is 0. The SMILES string of the molecule is C[C@]12CC[C@@H]3c4ccc(O)cc4CC[C@H]3[C@@H]1CCC2O.O=C(O)C1CCCCC1. The van der Waals surface area contributed by atoms with Crippen LogP contribution >= 0.6 is 0 Å². The molecule has 29 heavy (non-hydrogen) atoms. The van der Waals surface area contributed by atoms with Crippen molar-refractivity contribution < 1.29 is 20.1 Å². The van der Waals surface area contributed by atoms with Crippen LogP contribution in [0.15, 0.2) is 18.2 Å². The van der Waals surface area contributed by atoms with Gasteiger partial charge >= 0.3 is 5.97 Å². The van der Waals surface area contributed by atoms with E-state index in [0.717, 1.165) is 50.9 Å². The van der Waals surface area contributed by atoms with Crippen LogP contribution < -0.4 is 0 Å². The summed E-state index contributed by atoms with van der Waals surface area (Å²) in [5, 5.41) is 28.6. The molecule has 1 unspecified atom stereocenters. The molecule has 5 atom stereocenters. The van der Waals surface area contributed by atoms with E-state index in [1.807, 2.05) is 12.1 Å². The van der Waals surface area contributed by atoms with Crippen molar-refractivity contribution in [2.24, 2.45) is 23.2 Å². The summed E-state index contributed by atoms with van der Waals surface area (Å²) in [4.78, 5) is 10.4. The van der Waals surface area contributed by atoms with E-state index in [2.05, 4.69) is 13.0 Å². The van der Waals surface area contributed by atoms with E-state index >= 15 is 0 Å². The Kier molecular flexibility index (Phi) is 5.92. The van der Waals surface area contributed by atoms with Crippen LogP contribution in [0.5, 0.6) is 5.75 Å². The van der Waals surface area contributed by atoms with Crippen LogP contribution in [0.25, 0.3) is 0 Å². The second-order valence-corrected chi connectivity index (χ2v) is 10.1. The van der Waals surface area contributed by atoms with Gasteiger partial charge in [0.2, 0.25) is 0 Å². The second-order valence-electron chi connectivity index (χ2n) is 10.1. The van der Waals surface area contributed by atoms with E-state index in [1.165, 1.54) is 36.8 Å². The highest BCUT2D eigenvalue weighted by Gasteiger charge is 2.54. The minimum atomic E-state index is -0.602. The number of carbonyl (C=O) groups is 1. The monoisotopic (exact) mass is 400 g/mol. The average molecular weight is 401 g/mol. The van der Waals surface area contributed by atoms with Crippen LogP contribution in [0.4, 0.5) is 0 Å². The number of aliphatic hydroxyl groups excluding tert-OH is 1. The minimum Gasteiger partial charge on any atom is -0.508 e. The molecule has 0 spiro atoms. The predicted molar refractivity (Wildman–Crippen MR) is 113 cm³/mol. The zero-order chi connectivity index (χ0) is 20.6. The third-order valence-electron chi connectivity index (χ3n) is 8.61. The molecular weight excluding hydrogens is 364 g/mol. The summed E-state index contributed by atoms with van der Waals surface area (Å²) in [5.41, 5.74) is 2.99. The van der Waals surface area contributed by atoms with E-state index in [4.69, 9.17) is 5.11 Å². The summed E-state index contributed by atoms with van der Waals surface area (Å²) in [6, 6.07) is 5.96. The number of aryl methyl sites for hydroxylation is 1. The molecule has 0 radical (unpaired) electrons. The quantitative estimate of drug-likeness (QED) is 0.601. The molecule has 4 heteroatoms. The lowest BCUT2D eigenvalue weighted by Gasteiger charge is -2.50. The average Bonchev–Trinajstić information content (AvgIpc) is 3.03. The van der Waals surface area contributed by atoms with Gasteiger partial charge in [0.05, 0.1) is 12.0 Å². The lowest BCUT2D eigenvalue weighted by Crippen LogP contribution is -2.43. The Balaban J connectivity index is 0.000000192. The fourth-order valence-electron chi connectivity index (χ4n) is 6.89. The number of aliphatic hydroxyl groups is 1. The summed E-state index contributed by atoms with van der Waals surface area (Å²) >= 11 is 0. The molecule has 4 aliphatic carbocycles. The first kappa shape index (κ1) is 20.7. The molecule has 3 N–H and O–H groups in total. The fraction of sp³-hybridized carbons (Fsp3) is 0.720. The van der Waals surface area contributed by atoms with E-state index < -0.39 is 5.97 Å². The zero-order valence-corrected chi connectivity index (χ0v) is 17.6.